The van der Waals surface area contributed by atoms with Crippen molar-refractivity contribution in [2.24, 2.45) is 32.9 Å². The Bertz CT molecular complexity index is 1560. The minimum Gasteiger partial charge on any atom is -0.478 e. The summed E-state index contributed by atoms with van der Waals surface area (Å²) >= 11 is 0. The van der Waals surface area contributed by atoms with Crippen molar-refractivity contribution in [1.82, 2.24) is 26.6 Å². The molecule has 19 N–H and O–H groups in total. The van der Waals surface area contributed by atoms with E-state index < -0.39 is 146 Å². The van der Waals surface area contributed by atoms with Crippen LogP contribution in [0.5, 0.6) is 0 Å². The van der Waals surface area contributed by atoms with E-state index in [4.69, 9.17) is 41.9 Å². The van der Waals surface area contributed by atoms with Gasteiger partial charge in [-0.1, -0.05) is 0 Å². The highest BCUT2D eigenvalue weighted by molar-refractivity contribution is 5.86. The van der Waals surface area contributed by atoms with Gasteiger partial charge in [-0.25, -0.2) is 19.6 Å². The topological polar surface area (TPSA) is 450 Å². The van der Waals surface area contributed by atoms with Crippen molar-refractivity contribution < 1.29 is 78.4 Å². The molecule has 0 saturated heterocycles. The number of nitrogens with zero attached hydrogens (tertiary/aromatic N) is 2. The van der Waals surface area contributed by atoms with Crippen molar-refractivity contribution in [1.29, 1.82) is 0 Å². The number of amides is 4. The number of guanidine groups is 2. The lowest BCUT2D eigenvalue weighted by Gasteiger charge is -2.40. The number of rotatable bonds is 28. The SMILES string of the molecule is CC(=O)N[C@H]1[C@H]([C@H](OCC(=O)NCCCCNCCCCNC(=O)CO[C@@H]([C@@H]2OC(C(=O)O)=C[C@H](N=C(N)N)[C@H]2NC(C)=O)[C@H](O)CO)[C@H](O)CO)OC(C(=O)O)=C[C@@H]1N=C(N)N. The molecule has 0 bridgehead atoms. The number of nitrogens with one attached hydrogen (secondary N) is 5. The number of unbranched alkanes of at least 4 members (excludes halogenated alkanes) is 2. The summed E-state index contributed by atoms with van der Waals surface area (Å²) in [6.45, 7) is 1.06. The molecule has 0 aromatic carbocycles. The van der Waals surface area contributed by atoms with Crippen molar-refractivity contribution in [2.75, 3.05) is 52.6 Å². The van der Waals surface area contributed by atoms with Crippen molar-refractivity contribution in [3.05, 3.63) is 23.7 Å². The molecule has 2 aliphatic rings. The number of hydrogen-bond acceptors (Lipinski definition) is 17. The van der Waals surface area contributed by atoms with Crippen LogP contribution in [0.1, 0.15) is 39.5 Å². The first-order valence-electron chi connectivity index (χ1n) is 19.8. The molecule has 27 heteroatoms. The van der Waals surface area contributed by atoms with Crippen LogP contribution >= 0.6 is 0 Å². The summed E-state index contributed by atoms with van der Waals surface area (Å²) in [4.78, 5) is 80.7. The monoisotopic (exact) mass is 903 g/mol. The van der Waals surface area contributed by atoms with Gasteiger partial charge in [0.1, 0.15) is 37.6 Å². The van der Waals surface area contributed by atoms with Crippen LogP contribution in [0.15, 0.2) is 33.7 Å². The van der Waals surface area contributed by atoms with Crippen LogP contribution in [0.4, 0.5) is 0 Å². The quantitative estimate of drug-likeness (QED) is 0.0197. The van der Waals surface area contributed by atoms with E-state index in [1.807, 2.05) is 0 Å². The maximum absolute atomic E-state index is 12.6. The Morgan fingerprint density at radius 3 is 1.30 bits per heavy atom. The second-order valence-electron chi connectivity index (χ2n) is 14.3. The molecule has 2 rings (SSSR count). The summed E-state index contributed by atoms with van der Waals surface area (Å²) < 4.78 is 22.3. The lowest BCUT2D eigenvalue weighted by Crippen LogP contribution is -2.60. The molecule has 4 amide bonds. The van der Waals surface area contributed by atoms with Crippen LogP contribution in [0.2, 0.25) is 0 Å². The predicted octanol–water partition coefficient (Wildman–Crippen LogP) is -7.13. The second-order valence-corrected chi connectivity index (χ2v) is 14.3. The predicted molar refractivity (Wildman–Crippen MR) is 219 cm³/mol. The van der Waals surface area contributed by atoms with E-state index in [0.717, 1.165) is 12.2 Å². The van der Waals surface area contributed by atoms with Crippen molar-refractivity contribution >= 4 is 47.5 Å². The molecule has 0 unspecified atom stereocenters. The van der Waals surface area contributed by atoms with Gasteiger partial charge in [0.25, 0.3) is 0 Å². The highest BCUT2D eigenvalue weighted by atomic mass is 16.6. The Balaban J connectivity index is 1.77. The summed E-state index contributed by atoms with van der Waals surface area (Å²) in [5.41, 5.74) is 22.0. The van der Waals surface area contributed by atoms with Gasteiger partial charge in [0.15, 0.2) is 24.1 Å². The minimum atomic E-state index is -1.68. The van der Waals surface area contributed by atoms with E-state index >= 15 is 0 Å². The average molecular weight is 904 g/mol. The first-order valence-corrected chi connectivity index (χ1v) is 19.8. The Kier molecular flexibility index (Phi) is 23.1. The van der Waals surface area contributed by atoms with E-state index in [2.05, 4.69) is 36.6 Å². The number of carbonyl (C=O) groups excluding carboxylic acids is 4. The van der Waals surface area contributed by atoms with Crippen LogP contribution in [0, 0.1) is 0 Å². The van der Waals surface area contributed by atoms with Crippen molar-refractivity contribution in [3.63, 3.8) is 0 Å². The molecule has 2 aliphatic heterocycles. The molecular weight excluding hydrogens is 842 g/mol. The number of aliphatic imine (C=N–C) groups is 2. The number of aliphatic hydroxyl groups excluding tert-OH is 4. The Morgan fingerprint density at radius 2 is 1.00 bits per heavy atom. The molecule has 0 aliphatic carbocycles. The number of carbonyl (C=O) groups is 6. The summed E-state index contributed by atoms with van der Waals surface area (Å²) in [6, 6.07) is -4.66. The first kappa shape index (κ1) is 53.3. The van der Waals surface area contributed by atoms with Gasteiger partial charge in [0.05, 0.1) is 37.4 Å². The normalized spacial score (nSPS) is 22.4. The summed E-state index contributed by atoms with van der Waals surface area (Å²) in [6.07, 6.45) is -4.73. The first-order chi connectivity index (χ1) is 29.8. The molecule has 356 valence electrons. The third-order valence-electron chi connectivity index (χ3n) is 9.17. The number of nitrogens with two attached hydrogens (primary N) is 4. The number of hydrogen-bond donors (Lipinski definition) is 15. The number of carboxylic acids is 2. The second kappa shape index (κ2) is 27.3. The van der Waals surface area contributed by atoms with Gasteiger partial charge in [0.2, 0.25) is 35.1 Å². The van der Waals surface area contributed by atoms with Gasteiger partial charge in [-0.3, -0.25) is 19.2 Å². The smallest absolute Gasteiger partial charge is 0.370 e. The van der Waals surface area contributed by atoms with Crippen molar-refractivity contribution in [3.8, 4) is 0 Å². The zero-order valence-corrected chi connectivity index (χ0v) is 34.9. The summed E-state index contributed by atoms with van der Waals surface area (Å²) in [7, 11) is 0. The molecule has 2 heterocycles. The van der Waals surface area contributed by atoms with Crippen LogP contribution in [-0.2, 0) is 47.7 Å². The highest BCUT2D eigenvalue weighted by Gasteiger charge is 2.47. The van der Waals surface area contributed by atoms with Gasteiger partial charge in [-0.15, -0.1) is 0 Å². The van der Waals surface area contributed by atoms with Crippen LogP contribution in [0.25, 0.3) is 0 Å². The molecule has 27 nitrogen and oxygen atoms in total. The number of aliphatic carboxylic acids is 2. The fourth-order valence-electron chi connectivity index (χ4n) is 6.43. The third kappa shape index (κ3) is 18.6. The largest absolute Gasteiger partial charge is 0.478 e. The lowest BCUT2D eigenvalue weighted by atomic mass is 9.92. The molecule has 0 fully saturated rings. The number of carboxylic acid groups (broad SMARTS) is 2. The van der Waals surface area contributed by atoms with Crippen LogP contribution < -0.4 is 49.5 Å². The van der Waals surface area contributed by atoms with Crippen molar-refractivity contribution in [2.45, 2.75) is 100 Å². The molecule has 63 heavy (non-hydrogen) atoms. The van der Waals surface area contributed by atoms with Crippen LogP contribution in [-0.4, -0.2) is 192 Å². The molecular formula is C36H61N11O16. The molecule has 0 saturated carbocycles. The Labute approximate surface area is 361 Å². The van der Waals surface area contributed by atoms with E-state index in [0.29, 0.717) is 38.8 Å². The Morgan fingerprint density at radius 1 is 0.651 bits per heavy atom. The fourth-order valence-corrected chi connectivity index (χ4v) is 6.43. The average Bonchev–Trinajstić information content (AvgIpc) is 3.20. The van der Waals surface area contributed by atoms with Gasteiger partial charge < -0.3 is 99.1 Å². The molecule has 10 atom stereocenters. The van der Waals surface area contributed by atoms with E-state index in [-0.39, 0.29) is 13.1 Å². The van der Waals surface area contributed by atoms with E-state index in [1.54, 1.807) is 0 Å². The van der Waals surface area contributed by atoms with Gasteiger partial charge in [0, 0.05) is 26.9 Å². The lowest BCUT2D eigenvalue weighted by molar-refractivity contribution is -0.158. The Hall–Kier alpha value is -5.84. The molecule has 0 aromatic heterocycles. The van der Waals surface area contributed by atoms with E-state index in [9.17, 15) is 59.4 Å². The number of ether oxygens (including phenoxy) is 4. The fraction of sp³-hybridized carbons (Fsp3) is 0.667. The minimum absolute atomic E-state index is 0.253. The summed E-state index contributed by atoms with van der Waals surface area (Å²) in [5.74, 6) is -7.44. The molecule has 0 aromatic rings. The van der Waals surface area contributed by atoms with Gasteiger partial charge in [-0.05, 0) is 50.9 Å². The maximum atomic E-state index is 12.6. The van der Waals surface area contributed by atoms with E-state index in [1.165, 1.54) is 13.8 Å². The number of aliphatic hydroxyl groups is 4. The highest BCUT2D eigenvalue weighted by Crippen LogP contribution is 2.28. The molecule has 0 radical (unpaired) electrons. The molecule has 0 spiro atoms. The zero-order valence-electron chi connectivity index (χ0n) is 34.9. The van der Waals surface area contributed by atoms with Gasteiger partial charge >= 0.3 is 11.9 Å². The third-order valence-corrected chi connectivity index (χ3v) is 9.17. The summed E-state index contributed by atoms with van der Waals surface area (Å²) in [5, 5.41) is 73.3. The maximum Gasteiger partial charge on any atom is 0.370 e. The van der Waals surface area contributed by atoms with Crippen LogP contribution in [0.3, 0.4) is 0 Å². The zero-order chi connectivity index (χ0) is 47.2. The standard InChI is InChI=1S/C36H61N11O16/c1-17(50)44-27-19(46-35(37)38)11-23(33(56)57)62-31(27)29(21(52)13-48)60-15-25(54)42-9-5-3-7-41-8-4-6-10-43-26(55)16-61-30(22(53)14-49)32-28(45-18(2)51)20(47-36(39)40)12-24(63-32)34(58)59/h11-12,19-22,27-32,41,48-49,52-53H,3-10,13-16H2,1-2H3,(H,42,54)(H,43,55)(H,44,50)(H,45,51)(H,56,57)(H,58,59)(H4,37,38,46)(H4,39,40,47)/t19-,20-,21+,22+,27+,28+,29+,30+,31+,32+/m0/s1. The van der Waals surface area contributed by atoms with Gasteiger partial charge in [-0.2, -0.15) is 0 Å².